The molecule has 1 N–H and O–H groups in total. The number of rotatable bonds is 5. The molecule has 2 aromatic heterocycles. The van der Waals surface area contributed by atoms with E-state index in [0.717, 1.165) is 47.2 Å². The quantitative estimate of drug-likeness (QED) is 0.319. The molecular formula is C21H19Br2Cl2N3OSe. The summed E-state index contributed by atoms with van der Waals surface area (Å²) in [4.78, 5) is 12.6. The minimum atomic E-state index is 0.117. The first-order valence-electron chi connectivity index (χ1n) is 9.70. The molecule has 0 aliphatic heterocycles. The number of nitrogens with zero attached hydrogens (tertiary/aromatic N) is 2. The summed E-state index contributed by atoms with van der Waals surface area (Å²) in [6.45, 7) is 0.371. The van der Waals surface area contributed by atoms with E-state index in [0.29, 0.717) is 16.6 Å². The molecule has 0 atom stereocenters. The second-order valence-electron chi connectivity index (χ2n) is 7.27. The van der Waals surface area contributed by atoms with Crippen LogP contribution in [0.15, 0.2) is 38.2 Å². The molecule has 1 fully saturated rings. The Balaban J connectivity index is 1.68. The van der Waals surface area contributed by atoms with Crippen LogP contribution in [0.3, 0.4) is 0 Å². The van der Waals surface area contributed by atoms with Crippen LogP contribution in [0.4, 0.5) is 0 Å². The van der Waals surface area contributed by atoms with Gasteiger partial charge in [0.25, 0.3) is 0 Å². The molecule has 1 aromatic carbocycles. The van der Waals surface area contributed by atoms with Gasteiger partial charge < -0.3 is 0 Å². The van der Waals surface area contributed by atoms with E-state index in [4.69, 9.17) is 28.3 Å². The number of carbonyl (C=O) groups excluding carboxylic acids is 1. The summed E-state index contributed by atoms with van der Waals surface area (Å²) in [6, 6.07) is 9.53. The molecule has 1 saturated carbocycles. The van der Waals surface area contributed by atoms with Crippen LogP contribution in [0.5, 0.6) is 0 Å². The molecule has 0 unspecified atom stereocenters. The van der Waals surface area contributed by atoms with E-state index in [1.807, 2.05) is 10.7 Å². The van der Waals surface area contributed by atoms with Crippen molar-refractivity contribution in [3.63, 3.8) is 0 Å². The topological polar surface area (TPSA) is 46.9 Å². The molecule has 30 heavy (non-hydrogen) atoms. The molecule has 0 saturated heterocycles. The standard InChI is InChI=1S/C21H19Br2Cl2N3OSe/c22-18-9-8-17(30-18)20-19(23)15(11-26-21(29)12-4-2-1-3-5-12)27-28(20)16-7-6-13(24)10-14(16)25/h6-10,12H,1-5,11H2,(H,26,29). The van der Waals surface area contributed by atoms with Crippen molar-refractivity contribution < 1.29 is 4.79 Å². The molecule has 4 rings (SSSR count). The molecule has 1 aliphatic rings. The fourth-order valence-electron chi connectivity index (χ4n) is 3.72. The van der Waals surface area contributed by atoms with Gasteiger partial charge in [0.2, 0.25) is 0 Å². The van der Waals surface area contributed by atoms with E-state index in [1.165, 1.54) is 14.2 Å². The Morgan fingerprint density at radius 3 is 2.60 bits per heavy atom. The number of nitrogens with one attached hydrogen (secondary N) is 1. The van der Waals surface area contributed by atoms with Crippen LogP contribution in [0.2, 0.25) is 10.0 Å². The zero-order chi connectivity index (χ0) is 21.3. The van der Waals surface area contributed by atoms with E-state index in [2.05, 4.69) is 49.3 Å². The molecule has 9 heteroatoms. The van der Waals surface area contributed by atoms with Crippen molar-refractivity contribution in [2.45, 2.75) is 38.6 Å². The van der Waals surface area contributed by atoms with Crippen molar-refractivity contribution in [2.75, 3.05) is 0 Å². The van der Waals surface area contributed by atoms with Crippen molar-refractivity contribution in [3.8, 4) is 15.8 Å². The van der Waals surface area contributed by atoms with Crippen molar-refractivity contribution in [1.82, 2.24) is 15.1 Å². The average Bonchev–Trinajstić information content (AvgIpc) is 3.29. The Labute approximate surface area is 208 Å². The van der Waals surface area contributed by atoms with Crippen molar-refractivity contribution in [2.24, 2.45) is 5.92 Å². The second-order valence-corrected chi connectivity index (χ2v) is 13.2. The summed E-state index contributed by atoms with van der Waals surface area (Å²) < 4.78 is 5.06. The van der Waals surface area contributed by atoms with Crippen LogP contribution in [0, 0.1) is 5.92 Å². The van der Waals surface area contributed by atoms with E-state index >= 15 is 0 Å². The van der Waals surface area contributed by atoms with Gasteiger partial charge in [-0.15, -0.1) is 0 Å². The summed E-state index contributed by atoms with van der Waals surface area (Å²) in [7, 11) is 0. The van der Waals surface area contributed by atoms with Crippen LogP contribution in [0.1, 0.15) is 37.8 Å². The summed E-state index contributed by atoms with van der Waals surface area (Å²) >= 11 is 20.1. The van der Waals surface area contributed by atoms with E-state index in [-0.39, 0.29) is 26.3 Å². The number of amides is 1. The van der Waals surface area contributed by atoms with Gasteiger partial charge in [0.1, 0.15) is 0 Å². The number of carbonyl (C=O) groups is 1. The van der Waals surface area contributed by atoms with E-state index in [9.17, 15) is 4.79 Å². The van der Waals surface area contributed by atoms with Gasteiger partial charge in [-0.3, -0.25) is 0 Å². The fraction of sp³-hybridized carbons (Fsp3) is 0.333. The molecule has 2 heterocycles. The molecule has 3 aromatic rings. The summed E-state index contributed by atoms with van der Waals surface area (Å²) in [5, 5.41) is 9.00. The molecular weight excluding hydrogens is 620 g/mol. The Morgan fingerprint density at radius 2 is 1.93 bits per heavy atom. The van der Waals surface area contributed by atoms with Gasteiger partial charge >= 0.3 is 210 Å². The molecule has 1 amide bonds. The third kappa shape index (κ3) is 4.92. The molecule has 0 spiro atoms. The third-order valence-corrected chi connectivity index (χ3v) is 9.57. The molecule has 0 radical (unpaired) electrons. The maximum absolute atomic E-state index is 12.6. The Bertz CT molecular complexity index is 1080. The van der Waals surface area contributed by atoms with Crippen LogP contribution in [-0.4, -0.2) is 30.2 Å². The molecule has 4 nitrogen and oxygen atoms in total. The van der Waals surface area contributed by atoms with Crippen LogP contribution >= 0.6 is 55.1 Å². The minimum absolute atomic E-state index is 0.117. The van der Waals surface area contributed by atoms with Gasteiger partial charge in [-0.2, -0.15) is 0 Å². The van der Waals surface area contributed by atoms with E-state index < -0.39 is 0 Å². The normalized spacial score (nSPS) is 14.8. The monoisotopic (exact) mass is 637 g/mol. The van der Waals surface area contributed by atoms with Crippen molar-refractivity contribution in [1.29, 1.82) is 0 Å². The number of aromatic nitrogens is 2. The van der Waals surface area contributed by atoms with Gasteiger partial charge in [-0.25, -0.2) is 0 Å². The first-order chi connectivity index (χ1) is 14.4. The number of hydrogen-bond acceptors (Lipinski definition) is 2. The van der Waals surface area contributed by atoms with Gasteiger partial charge in [-0.1, -0.05) is 0 Å². The van der Waals surface area contributed by atoms with Crippen LogP contribution in [-0.2, 0) is 11.3 Å². The van der Waals surface area contributed by atoms with Gasteiger partial charge in [-0.05, 0) is 0 Å². The fourth-order valence-corrected chi connectivity index (χ4v) is 7.75. The molecule has 158 valence electrons. The van der Waals surface area contributed by atoms with Crippen molar-refractivity contribution in [3.05, 3.63) is 53.9 Å². The third-order valence-electron chi connectivity index (χ3n) is 5.24. The Kier molecular flexibility index (Phi) is 7.49. The number of benzene rings is 1. The summed E-state index contributed by atoms with van der Waals surface area (Å²) in [5.74, 6) is 0.238. The van der Waals surface area contributed by atoms with Gasteiger partial charge in [0, 0.05) is 0 Å². The number of halogens is 4. The zero-order valence-electron chi connectivity index (χ0n) is 15.9. The summed E-state index contributed by atoms with van der Waals surface area (Å²) in [5.41, 5.74) is 2.48. The predicted octanol–water partition coefficient (Wildman–Crippen LogP) is 6.62. The van der Waals surface area contributed by atoms with E-state index in [1.54, 1.807) is 12.1 Å². The summed E-state index contributed by atoms with van der Waals surface area (Å²) in [6.07, 6.45) is 5.44. The number of hydrogen-bond donors (Lipinski definition) is 1. The van der Waals surface area contributed by atoms with Gasteiger partial charge in [0.15, 0.2) is 0 Å². The van der Waals surface area contributed by atoms with Crippen LogP contribution < -0.4 is 5.32 Å². The Morgan fingerprint density at radius 1 is 1.17 bits per heavy atom. The SMILES string of the molecule is O=C(NCc1nn(-c2ccc(Cl)cc2Cl)c(-c2ccc(Br)[se]2)c1Br)C1CCCCC1. The van der Waals surface area contributed by atoms with Gasteiger partial charge in [0.05, 0.1) is 0 Å². The van der Waals surface area contributed by atoms with Crippen molar-refractivity contribution >= 4 is 75.5 Å². The second kappa shape index (κ2) is 9.93. The Hall–Kier alpha value is -0.561. The zero-order valence-corrected chi connectivity index (χ0v) is 22.3. The van der Waals surface area contributed by atoms with Crippen LogP contribution in [0.25, 0.3) is 15.8 Å². The first kappa shape index (κ1) is 22.6. The average molecular weight is 639 g/mol. The molecule has 1 aliphatic carbocycles. The first-order valence-corrected chi connectivity index (χ1v) is 13.8. The maximum atomic E-state index is 12.6. The predicted molar refractivity (Wildman–Crippen MR) is 130 cm³/mol. The molecule has 0 bridgehead atoms.